The number of hydrogen-bond acceptors (Lipinski definition) is 3. The highest BCUT2D eigenvalue weighted by Gasteiger charge is 2.42. The molecule has 0 N–H and O–H groups in total. The zero-order valence-electron chi connectivity index (χ0n) is 19.2. The summed E-state index contributed by atoms with van der Waals surface area (Å²) in [4.78, 5) is 12.3. The Bertz CT molecular complexity index is 1350. The van der Waals surface area contributed by atoms with Crippen molar-refractivity contribution in [3.05, 3.63) is 82.6 Å². The normalized spacial score (nSPS) is 15.7. The number of nitrogens with zero attached hydrogens (tertiary/aromatic N) is 1. The van der Waals surface area contributed by atoms with Crippen molar-refractivity contribution >= 4 is 11.9 Å². The van der Waals surface area contributed by atoms with Crippen molar-refractivity contribution in [2.45, 2.75) is 49.6 Å². The first-order chi connectivity index (χ1) is 17.6. The number of rotatable bonds is 7. The predicted octanol–water partition coefficient (Wildman–Crippen LogP) is 8.58. The van der Waals surface area contributed by atoms with Crippen LogP contribution in [0, 0.1) is 0 Å². The van der Waals surface area contributed by atoms with Crippen LogP contribution in [0.5, 0.6) is 0 Å². The summed E-state index contributed by atoms with van der Waals surface area (Å²) in [6.07, 6.45) is -12.7. The summed E-state index contributed by atoms with van der Waals surface area (Å²) in [6.45, 7) is 0. The maximum atomic E-state index is 13.7. The van der Waals surface area contributed by atoms with Gasteiger partial charge in [-0.2, -0.15) is 39.5 Å². The zero-order chi connectivity index (χ0) is 27.9. The van der Waals surface area contributed by atoms with Crippen LogP contribution in [0.4, 0.5) is 39.5 Å². The molecular formula is C26H18F9NO2. The second kappa shape index (κ2) is 9.95. The molecule has 38 heavy (non-hydrogen) atoms. The van der Waals surface area contributed by atoms with Crippen LogP contribution < -0.4 is 0 Å². The van der Waals surface area contributed by atoms with Crippen LogP contribution in [0.1, 0.15) is 59.1 Å². The molecule has 0 aliphatic heterocycles. The average molecular weight is 547 g/mol. The first-order valence-electron chi connectivity index (χ1n) is 11.3. The maximum absolute atomic E-state index is 13.7. The van der Waals surface area contributed by atoms with E-state index in [9.17, 15) is 44.3 Å². The van der Waals surface area contributed by atoms with E-state index in [4.69, 9.17) is 4.52 Å². The van der Waals surface area contributed by atoms with Crippen molar-refractivity contribution in [2.24, 2.45) is 0 Å². The first-order valence-corrected chi connectivity index (χ1v) is 11.3. The number of alkyl halides is 9. The molecule has 202 valence electrons. The number of aromatic nitrogens is 1. The molecule has 1 atom stereocenters. The SMILES string of the molecule is O=C(/C=C/c1ccc(-c2cc(C3CC3)on2)c(C(F)(F)F)c1)CC(c1cccc(C(F)(F)F)c1)C(F)(F)F. The highest BCUT2D eigenvalue weighted by Crippen LogP contribution is 2.43. The minimum atomic E-state index is -5.05. The van der Waals surface area contributed by atoms with Crippen LogP contribution in [0.25, 0.3) is 17.3 Å². The van der Waals surface area contributed by atoms with Gasteiger partial charge in [0.25, 0.3) is 0 Å². The largest absolute Gasteiger partial charge is 0.417 e. The Morgan fingerprint density at radius 3 is 2.26 bits per heavy atom. The van der Waals surface area contributed by atoms with E-state index in [0.717, 1.165) is 43.2 Å². The molecule has 1 fully saturated rings. The molecule has 1 heterocycles. The van der Waals surface area contributed by atoms with E-state index in [1.165, 1.54) is 12.1 Å². The fourth-order valence-corrected chi connectivity index (χ4v) is 3.91. The van der Waals surface area contributed by atoms with Gasteiger partial charge in [-0.15, -0.1) is 0 Å². The molecule has 0 spiro atoms. The predicted molar refractivity (Wildman–Crippen MR) is 118 cm³/mol. The van der Waals surface area contributed by atoms with Gasteiger partial charge < -0.3 is 4.52 Å². The monoisotopic (exact) mass is 547 g/mol. The van der Waals surface area contributed by atoms with Gasteiger partial charge in [0.05, 0.1) is 17.0 Å². The molecule has 1 aliphatic carbocycles. The van der Waals surface area contributed by atoms with E-state index >= 15 is 0 Å². The van der Waals surface area contributed by atoms with E-state index in [0.29, 0.717) is 24.0 Å². The minimum absolute atomic E-state index is 0.0278. The fraction of sp³-hybridized carbons (Fsp3) is 0.308. The lowest BCUT2D eigenvalue weighted by Crippen LogP contribution is -2.23. The molecule has 3 nitrogen and oxygen atoms in total. The summed E-state index contributed by atoms with van der Waals surface area (Å²) in [6, 6.07) is 7.05. The zero-order valence-corrected chi connectivity index (χ0v) is 19.2. The van der Waals surface area contributed by atoms with E-state index in [1.807, 2.05) is 0 Å². The van der Waals surface area contributed by atoms with Gasteiger partial charge in [-0.1, -0.05) is 41.6 Å². The summed E-state index contributed by atoms with van der Waals surface area (Å²) in [5.41, 5.74) is -3.56. The van der Waals surface area contributed by atoms with Gasteiger partial charge >= 0.3 is 18.5 Å². The highest BCUT2D eigenvalue weighted by atomic mass is 19.4. The standard InChI is InChI=1S/C26H18F9NO2/c27-24(28,29)17-3-1-2-16(11-17)20(25(30,31)32)12-18(37)8-4-14-5-9-19(21(10-14)26(33,34)35)22-13-23(38-36-22)15-6-7-15/h1-5,8-11,13,15,20H,6-7,12H2/b8-4+. The molecule has 3 aromatic rings. The van der Waals surface area contributed by atoms with Gasteiger partial charge in [0, 0.05) is 24.0 Å². The smallest absolute Gasteiger partial charge is 0.360 e. The molecule has 1 saturated carbocycles. The number of benzene rings is 2. The molecule has 12 heteroatoms. The summed E-state index contributed by atoms with van der Waals surface area (Å²) in [5, 5.41) is 3.71. The van der Waals surface area contributed by atoms with Gasteiger partial charge in [0.2, 0.25) is 0 Å². The van der Waals surface area contributed by atoms with Crippen molar-refractivity contribution in [1.82, 2.24) is 5.16 Å². The second-order valence-electron chi connectivity index (χ2n) is 8.91. The molecule has 2 aromatic carbocycles. The van der Waals surface area contributed by atoms with Crippen LogP contribution in [0.2, 0.25) is 0 Å². The van der Waals surface area contributed by atoms with Crippen molar-refractivity contribution < 1.29 is 48.8 Å². The molecule has 1 unspecified atom stereocenters. The topological polar surface area (TPSA) is 43.1 Å². The highest BCUT2D eigenvalue weighted by molar-refractivity contribution is 5.94. The lowest BCUT2D eigenvalue weighted by molar-refractivity contribution is -0.156. The van der Waals surface area contributed by atoms with Crippen LogP contribution >= 0.6 is 0 Å². The van der Waals surface area contributed by atoms with E-state index in [-0.39, 0.29) is 22.7 Å². The third kappa shape index (κ3) is 6.46. The molecule has 1 aliphatic rings. The Hall–Kier alpha value is -3.57. The number of hydrogen-bond donors (Lipinski definition) is 0. The third-order valence-corrected chi connectivity index (χ3v) is 6.01. The quantitative estimate of drug-likeness (QED) is 0.220. The number of ketones is 1. The van der Waals surface area contributed by atoms with Gasteiger partial charge in [-0.05, 0) is 42.2 Å². The van der Waals surface area contributed by atoms with E-state index < -0.39 is 53.3 Å². The fourth-order valence-electron chi connectivity index (χ4n) is 3.91. The minimum Gasteiger partial charge on any atom is -0.360 e. The Kier molecular flexibility index (Phi) is 7.19. The van der Waals surface area contributed by atoms with Crippen molar-refractivity contribution in [3.63, 3.8) is 0 Å². The Morgan fingerprint density at radius 1 is 0.947 bits per heavy atom. The Balaban J connectivity index is 1.56. The van der Waals surface area contributed by atoms with Gasteiger partial charge in [-0.25, -0.2) is 0 Å². The van der Waals surface area contributed by atoms with Crippen LogP contribution in [-0.2, 0) is 17.1 Å². The van der Waals surface area contributed by atoms with Gasteiger partial charge in [-0.3, -0.25) is 4.79 Å². The molecule has 0 radical (unpaired) electrons. The molecule has 0 saturated heterocycles. The lowest BCUT2D eigenvalue weighted by atomic mass is 9.91. The molecule has 0 amide bonds. The summed E-state index contributed by atoms with van der Waals surface area (Å²) >= 11 is 0. The molecular weight excluding hydrogens is 529 g/mol. The third-order valence-electron chi connectivity index (χ3n) is 6.01. The molecule has 1 aromatic heterocycles. The van der Waals surface area contributed by atoms with Crippen molar-refractivity contribution in [2.75, 3.05) is 0 Å². The van der Waals surface area contributed by atoms with Crippen LogP contribution in [0.15, 0.2) is 59.1 Å². The van der Waals surface area contributed by atoms with Crippen molar-refractivity contribution in [3.8, 4) is 11.3 Å². The number of carbonyl (C=O) groups excluding carboxylic acids is 1. The molecule has 0 bridgehead atoms. The van der Waals surface area contributed by atoms with Gasteiger partial charge in [0.1, 0.15) is 11.5 Å². The Labute approximate surface area is 209 Å². The van der Waals surface area contributed by atoms with Crippen LogP contribution in [-0.4, -0.2) is 17.1 Å². The van der Waals surface area contributed by atoms with Crippen LogP contribution in [0.3, 0.4) is 0 Å². The number of carbonyl (C=O) groups is 1. The summed E-state index contributed by atoms with van der Waals surface area (Å²) in [7, 11) is 0. The Morgan fingerprint density at radius 2 is 1.66 bits per heavy atom. The summed E-state index contributed by atoms with van der Waals surface area (Å²) in [5.74, 6) is -3.08. The number of allylic oxidation sites excluding steroid dienone is 1. The second-order valence-corrected chi connectivity index (χ2v) is 8.91. The lowest BCUT2D eigenvalue weighted by Gasteiger charge is -2.20. The van der Waals surface area contributed by atoms with E-state index in [2.05, 4.69) is 5.16 Å². The van der Waals surface area contributed by atoms with Crippen molar-refractivity contribution in [1.29, 1.82) is 0 Å². The average Bonchev–Trinajstić information content (AvgIpc) is 3.56. The number of halogens is 9. The summed E-state index contributed by atoms with van der Waals surface area (Å²) < 4.78 is 126. The first kappa shape index (κ1) is 27.5. The van der Waals surface area contributed by atoms with Gasteiger partial charge in [0.15, 0.2) is 5.78 Å². The molecule has 4 rings (SSSR count). The van der Waals surface area contributed by atoms with E-state index in [1.54, 1.807) is 0 Å². The maximum Gasteiger partial charge on any atom is 0.417 e.